The first-order chi connectivity index (χ1) is 4.61. The van der Waals surface area contributed by atoms with Crippen LogP contribution in [0.25, 0.3) is 0 Å². The van der Waals surface area contributed by atoms with Crippen molar-refractivity contribution in [2.45, 2.75) is 10.9 Å². The molecule has 0 bridgehead atoms. The molecule has 0 aromatic heterocycles. The summed E-state index contributed by atoms with van der Waals surface area (Å²) in [6.45, 7) is -4.60. The molecule has 0 unspecified atom stereocenters. The van der Waals surface area contributed by atoms with Crippen LogP contribution in [-0.2, 0) is 0 Å². The highest BCUT2D eigenvalue weighted by Crippen LogP contribution is 2.38. The van der Waals surface area contributed by atoms with Gasteiger partial charge in [0.15, 0.2) is 0 Å². The summed E-state index contributed by atoms with van der Waals surface area (Å²) in [5, 5.41) is 0. The van der Waals surface area contributed by atoms with Crippen molar-refractivity contribution in [1.82, 2.24) is 0 Å². The van der Waals surface area contributed by atoms with Crippen molar-refractivity contribution in [2.24, 2.45) is 0 Å². The molecule has 60 valence electrons. The van der Waals surface area contributed by atoms with E-state index in [0.29, 0.717) is 11.5 Å². The van der Waals surface area contributed by atoms with Gasteiger partial charge in [0, 0.05) is 4.48 Å². The number of thioether (sulfide) groups is 2. The monoisotopic (exact) mass is 187 g/mol. The van der Waals surface area contributed by atoms with Crippen LogP contribution in [-0.4, -0.2) is 23.0 Å². The fourth-order valence-electron chi connectivity index (χ4n) is 0.724. The van der Waals surface area contributed by atoms with E-state index in [0.717, 1.165) is 29.9 Å². The summed E-state index contributed by atoms with van der Waals surface area (Å²) in [6.07, 6.45) is 0.915. The van der Waals surface area contributed by atoms with Crippen molar-refractivity contribution in [3.8, 4) is 0 Å². The molecule has 0 N–H and O–H groups in total. The van der Waals surface area contributed by atoms with Crippen molar-refractivity contribution < 1.29 is 12.9 Å². The van der Waals surface area contributed by atoms with Gasteiger partial charge in [-0.15, -0.1) is 0 Å². The van der Waals surface area contributed by atoms with Gasteiger partial charge in [-0.05, 0) is 17.9 Å². The summed E-state index contributed by atoms with van der Waals surface area (Å²) in [4.78, 5) is 0. The first-order valence-electron chi connectivity index (χ1n) is 3.04. The molecule has 0 aromatic carbocycles. The first-order valence-corrected chi connectivity index (χ1v) is 5.13. The van der Waals surface area contributed by atoms with Crippen LogP contribution >= 0.6 is 23.5 Å². The van der Waals surface area contributed by atoms with Gasteiger partial charge in [-0.3, -0.25) is 0 Å². The fourth-order valence-corrected chi connectivity index (χ4v) is 3.39. The van der Waals surface area contributed by atoms with E-state index < -0.39 is 11.5 Å². The van der Waals surface area contributed by atoms with Crippen LogP contribution in [0.2, 0.25) is 0 Å². The summed E-state index contributed by atoms with van der Waals surface area (Å²) in [7, 11) is 0. The zero-order valence-electron chi connectivity index (χ0n) is 5.23. The zero-order valence-corrected chi connectivity index (χ0v) is 6.86. The second-order valence-corrected chi connectivity index (χ2v) is 4.89. The quantitative estimate of drug-likeness (QED) is 0.578. The standard InChI is InChI=1S/C4H7BF3S2/c6-5(7,8)4-9-2-1-3-10-4/h4H,1-3H2/q-1. The molecule has 0 aromatic rings. The van der Waals surface area contributed by atoms with Gasteiger partial charge in [0.1, 0.15) is 0 Å². The Morgan fingerprint density at radius 2 is 1.60 bits per heavy atom. The molecule has 1 fully saturated rings. The minimum Gasteiger partial charge on any atom is -0.448 e. The lowest BCUT2D eigenvalue weighted by molar-refractivity contribution is 0.480. The molecule has 0 amide bonds. The van der Waals surface area contributed by atoms with E-state index in [1.165, 1.54) is 0 Å². The Kier molecular flexibility index (Phi) is 2.86. The van der Waals surface area contributed by atoms with E-state index in [1.54, 1.807) is 0 Å². The molecule has 0 radical (unpaired) electrons. The second-order valence-electron chi connectivity index (χ2n) is 2.09. The van der Waals surface area contributed by atoms with Gasteiger partial charge in [0.05, 0.1) is 0 Å². The second kappa shape index (κ2) is 3.30. The third kappa shape index (κ3) is 2.30. The van der Waals surface area contributed by atoms with Gasteiger partial charge in [0.25, 0.3) is 0 Å². The molecule has 0 aliphatic carbocycles. The smallest absolute Gasteiger partial charge is 0.448 e. The Hall–Kier alpha value is 0.555. The minimum atomic E-state index is -4.60. The summed E-state index contributed by atoms with van der Waals surface area (Å²) in [6, 6.07) is 0. The van der Waals surface area contributed by atoms with Crippen LogP contribution < -0.4 is 0 Å². The van der Waals surface area contributed by atoms with Crippen molar-refractivity contribution in [1.29, 1.82) is 0 Å². The van der Waals surface area contributed by atoms with Crippen LogP contribution in [0.4, 0.5) is 12.9 Å². The van der Waals surface area contributed by atoms with Crippen molar-refractivity contribution >= 4 is 30.5 Å². The van der Waals surface area contributed by atoms with Gasteiger partial charge in [-0.2, -0.15) is 23.5 Å². The van der Waals surface area contributed by atoms with Gasteiger partial charge >= 0.3 is 6.98 Å². The number of hydrogen-bond donors (Lipinski definition) is 0. The first kappa shape index (κ1) is 8.65. The molecule has 1 heterocycles. The molecule has 10 heavy (non-hydrogen) atoms. The van der Waals surface area contributed by atoms with Gasteiger partial charge in [-0.1, -0.05) is 0 Å². The minimum absolute atomic E-state index is 0.666. The Labute approximate surface area is 66.4 Å². The van der Waals surface area contributed by atoms with E-state index in [1.807, 2.05) is 0 Å². The molecule has 0 nitrogen and oxygen atoms in total. The third-order valence-electron chi connectivity index (χ3n) is 1.16. The van der Waals surface area contributed by atoms with Gasteiger partial charge in [0.2, 0.25) is 0 Å². The Bertz CT molecular complexity index is 110. The molecular formula is C4H7BF3S2-. The molecular weight excluding hydrogens is 180 g/mol. The van der Waals surface area contributed by atoms with Gasteiger partial charge < -0.3 is 12.9 Å². The van der Waals surface area contributed by atoms with Crippen molar-refractivity contribution in [3.63, 3.8) is 0 Å². The highest BCUT2D eigenvalue weighted by atomic mass is 32.2. The average Bonchev–Trinajstić information content (AvgIpc) is 1.88. The van der Waals surface area contributed by atoms with E-state index >= 15 is 0 Å². The Morgan fingerprint density at radius 3 is 1.90 bits per heavy atom. The molecule has 0 spiro atoms. The van der Waals surface area contributed by atoms with Crippen LogP contribution in [0.15, 0.2) is 0 Å². The Balaban J connectivity index is 2.39. The zero-order chi connectivity index (χ0) is 7.61. The summed E-state index contributed by atoms with van der Waals surface area (Å²) < 4.78 is 34.8. The summed E-state index contributed by atoms with van der Waals surface area (Å²) in [5.74, 6) is 1.33. The lowest BCUT2D eigenvalue weighted by Gasteiger charge is -2.28. The van der Waals surface area contributed by atoms with Gasteiger partial charge in [-0.25, -0.2) is 0 Å². The maximum Gasteiger partial charge on any atom is 0.500 e. The van der Waals surface area contributed by atoms with Crippen LogP contribution in [0.1, 0.15) is 6.42 Å². The van der Waals surface area contributed by atoms with E-state index in [9.17, 15) is 12.9 Å². The normalized spacial score (nSPS) is 23.1. The highest BCUT2D eigenvalue weighted by molar-refractivity contribution is 8.19. The molecule has 1 saturated heterocycles. The van der Waals surface area contributed by atoms with Crippen molar-refractivity contribution in [2.75, 3.05) is 11.5 Å². The van der Waals surface area contributed by atoms with E-state index in [-0.39, 0.29) is 0 Å². The topological polar surface area (TPSA) is 0 Å². The number of halogens is 3. The van der Waals surface area contributed by atoms with E-state index in [2.05, 4.69) is 0 Å². The Morgan fingerprint density at radius 1 is 1.10 bits per heavy atom. The highest BCUT2D eigenvalue weighted by Gasteiger charge is 2.36. The van der Waals surface area contributed by atoms with Crippen LogP contribution in [0.5, 0.6) is 0 Å². The predicted octanol–water partition coefficient (Wildman–Crippen LogP) is 2.57. The third-order valence-corrected chi connectivity index (χ3v) is 4.30. The lowest BCUT2D eigenvalue weighted by atomic mass is 9.97. The molecule has 1 rings (SSSR count). The van der Waals surface area contributed by atoms with Crippen molar-refractivity contribution in [3.05, 3.63) is 0 Å². The molecule has 1 aliphatic rings. The summed E-state index contributed by atoms with van der Waals surface area (Å²) in [5.41, 5.74) is 0. The van der Waals surface area contributed by atoms with Crippen LogP contribution in [0, 0.1) is 0 Å². The SMILES string of the molecule is F[B-](F)(F)C1SCCCS1. The maximum atomic E-state index is 12.0. The molecule has 1 aliphatic heterocycles. The van der Waals surface area contributed by atoms with E-state index in [4.69, 9.17) is 0 Å². The fraction of sp³-hybridized carbons (Fsp3) is 1.00. The predicted molar refractivity (Wildman–Crippen MR) is 42.4 cm³/mol. The van der Waals surface area contributed by atoms with Crippen LogP contribution in [0.3, 0.4) is 0 Å². The largest absolute Gasteiger partial charge is 0.500 e. The number of rotatable bonds is 1. The molecule has 0 saturated carbocycles. The average molecular weight is 187 g/mol. The lowest BCUT2D eigenvalue weighted by Crippen LogP contribution is -2.31. The number of hydrogen-bond acceptors (Lipinski definition) is 2. The molecule has 0 atom stereocenters. The maximum absolute atomic E-state index is 12.0. The molecule has 6 heteroatoms. The summed E-state index contributed by atoms with van der Waals surface area (Å²) >= 11 is 2.07.